The fourth-order valence-corrected chi connectivity index (χ4v) is 3.79. The lowest BCUT2D eigenvalue weighted by Crippen LogP contribution is -2.38. The van der Waals surface area contributed by atoms with Gasteiger partial charge in [-0.15, -0.1) is 0 Å². The van der Waals surface area contributed by atoms with Crippen molar-refractivity contribution in [3.8, 4) is 0 Å². The van der Waals surface area contributed by atoms with E-state index < -0.39 is 12.1 Å². The summed E-state index contributed by atoms with van der Waals surface area (Å²) in [5.74, 6) is -2.74. The number of carboxylic acid groups (broad SMARTS) is 1. The minimum absolute atomic E-state index is 0.0189. The van der Waals surface area contributed by atoms with Gasteiger partial charge < -0.3 is 20.6 Å². The van der Waals surface area contributed by atoms with Crippen molar-refractivity contribution >= 4 is 23.6 Å². The molecule has 11 heteroatoms. The topological polar surface area (TPSA) is 112 Å². The van der Waals surface area contributed by atoms with Gasteiger partial charge in [0.15, 0.2) is 0 Å². The second-order valence-corrected chi connectivity index (χ2v) is 7.97. The molecule has 3 N–H and O–H groups in total. The minimum atomic E-state index is -5.08. The van der Waals surface area contributed by atoms with Gasteiger partial charge in [0, 0.05) is 37.2 Å². The van der Waals surface area contributed by atoms with Crippen LogP contribution in [0, 0.1) is 11.3 Å². The second kappa shape index (κ2) is 9.88. The first-order valence-corrected chi connectivity index (χ1v) is 10.2. The molecule has 2 atom stereocenters. The molecule has 2 unspecified atom stereocenters. The SMILES string of the molecule is O=C(Nc1cccnc1)C1CC12CCN(C(=O)NCc1ccccc1)C2.O=C(O)C(F)(F)F. The maximum Gasteiger partial charge on any atom is 0.490 e. The van der Waals surface area contributed by atoms with Crippen molar-refractivity contribution in [3.05, 3.63) is 60.4 Å². The zero-order valence-electron chi connectivity index (χ0n) is 17.5. The number of hydrogen-bond acceptors (Lipinski definition) is 4. The number of nitrogens with one attached hydrogen (secondary N) is 2. The maximum atomic E-state index is 12.5. The molecule has 2 aromatic rings. The van der Waals surface area contributed by atoms with Crippen LogP contribution in [-0.4, -0.2) is 52.2 Å². The molecule has 176 valence electrons. The second-order valence-electron chi connectivity index (χ2n) is 7.97. The number of carboxylic acids is 1. The predicted molar refractivity (Wildman–Crippen MR) is 112 cm³/mol. The lowest BCUT2D eigenvalue weighted by molar-refractivity contribution is -0.192. The van der Waals surface area contributed by atoms with E-state index in [-0.39, 0.29) is 23.3 Å². The molecule has 33 heavy (non-hydrogen) atoms. The average Bonchev–Trinajstić information content (AvgIpc) is 3.33. The molecule has 4 rings (SSSR count). The molecule has 1 aliphatic carbocycles. The Bertz CT molecular complexity index is 988. The van der Waals surface area contributed by atoms with Gasteiger partial charge in [0.2, 0.25) is 5.91 Å². The number of benzene rings is 1. The lowest BCUT2D eigenvalue weighted by atomic mass is 10.0. The highest BCUT2D eigenvalue weighted by molar-refractivity contribution is 5.95. The Morgan fingerprint density at radius 3 is 2.45 bits per heavy atom. The predicted octanol–water partition coefficient (Wildman–Crippen LogP) is 3.28. The molecule has 1 saturated carbocycles. The van der Waals surface area contributed by atoms with Crippen LogP contribution in [0.4, 0.5) is 23.7 Å². The summed E-state index contributed by atoms with van der Waals surface area (Å²) in [7, 11) is 0. The van der Waals surface area contributed by atoms with Crippen LogP contribution in [0.5, 0.6) is 0 Å². The molecule has 1 saturated heterocycles. The Labute approximate surface area is 187 Å². The number of urea groups is 1. The summed E-state index contributed by atoms with van der Waals surface area (Å²) in [6.45, 7) is 1.88. The smallest absolute Gasteiger partial charge is 0.475 e. The largest absolute Gasteiger partial charge is 0.490 e. The van der Waals surface area contributed by atoms with Crippen LogP contribution >= 0.6 is 0 Å². The molecule has 1 spiro atoms. The average molecular weight is 464 g/mol. The molecule has 2 fully saturated rings. The number of amides is 3. The van der Waals surface area contributed by atoms with Crippen molar-refractivity contribution in [1.82, 2.24) is 15.2 Å². The monoisotopic (exact) mass is 464 g/mol. The third-order valence-electron chi connectivity index (χ3n) is 5.64. The Kier molecular flexibility index (Phi) is 7.19. The van der Waals surface area contributed by atoms with Gasteiger partial charge in [-0.2, -0.15) is 13.2 Å². The van der Waals surface area contributed by atoms with Gasteiger partial charge >= 0.3 is 18.2 Å². The summed E-state index contributed by atoms with van der Waals surface area (Å²) in [6, 6.07) is 13.4. The quantitative estimate of drug-likeness (QED) is 0.643. The first kappa shape index (κ1) is 24.0. The Balaban J connectivity index is 0.000000383. The number of carbonyl (C=O) groups is 3. The number of pyridine rings is 1. The zero-order valence-corrected chi connectivity index (χ0v) is 17.5. The number of aromatic nitrogens is 1. The molecule has 2 heterocycles. The molecule has 1 aliphatic heterocycles. The van der Waals surface area contributed by atoms with Gasteiger partial charge in [0.05, 0.1) is 11.9 Å². The number of likely N-dealkylation sites (tertiary alicyclic amines) is 1. The fraction of sp³-hybridized carbons (Fsp3) is 0.364. The number of alkyl halides is 3. The van der Waals surface area contributed by atoms with Crippen molar-refractivity contribution in [3.63, 3.8) is 0 Å². The van der Waals surface area contributed by atoms with E-state index in [9.17, 15) is 22.8 Å². The Hall–Kier alpha value is -3.63. The number of nitrogens with zero attached hydrogens (tertiary/aromatic N) is 2. The van der Waals surface area contributed by atoms with Crippen molar-refractivity contribution in [2.45, 2.75) is 25.6 Å². The van der Waals surface area contributed by atoms with Gasteiger partial charge in [-0.1, -0.05) is 30.3 Å². The van der Waals surface area contributed by atoms with Crippen LogP contribution in [0.25, 0.3) is 0 Å². The first-order valence-electron chi connectivity index (χ1n) is 10.2. The highest BCUT2D eigenvalue weighted by atomic mass is 19.4. The van der Waals surface area contributed by atoms with Crippen LogP contribution in [0.3, 0.4) is 0 Å². The molecule has 0 radical (unpaired) electrons. The molecule has 3 amide bonds. The Morgan fingerprint density at radius 1 is 1.15 bits per heavy atom. The maximum absolute atomic E-state index is 12.5. The first-order chi connectivity index (χ1) is 15.6. The van der Waals surface area contributed by atoms with Crippen LogP contribution in [0.1, 0.15) is 18.4 Å². The third-order valence-corrected chi connectivity index (χ3v) is 5.64. The van der Waals surface area contributed by atoms with E-state index in [0.717, 1.165) is 24.1 Å². The van der Waals surface area contributed by atoms with Crippen molar-refractivity contribution in [2.24, 2.45) is 11.3 Å². The van der Waals surface area contributed by atoms with Gasteiger partial charge in [-0.05, 0) is 30.5 Å². The summed E-state index contributed by atoms with van der Waals surface area (Å²) in [6.07, 6.45) is -0.0272. The van der Waals surface area contributed by atoms with Crippen molar-refractivity contribution in [1.29, 1.82) is 0 Å². The third kappa shape index (κ3) is 6.43. The van der Waals surface area contributed by atoms with Gasteiger partial charge in [0.1, 0.15) is 0 Å². The number of aliphatic carboxylic acids is 1. The molecule has 0 bridgehead atoms. The van der Waals surface area contributed by atoms with E-state index in [2.05, 4.69) is 15.6 Å². The summed E-state index contributed by atoms with van der Waals surface area (Å²) in [4.78, 5) is 39.6. The van der Waals surface area contributed by atoms with Crippen LogP contribution in [0.15, 0.2) is 54.9 Å². The number of carbonyl (C=O) groups excluding carboxylic acids is 2. The highest BCUT2D eigenvalue weighted by Crippen LogP contribution is 2.58. The molecular weight excluding hydrogens is 441 g/mol. The number of halogens is 3. The summed E-state index contributed by atoms with van der Waals surface area (Å²) < 4.78 is 31.7. The van der Waals surface area contributed by atoms with Crippen molar-refractivity contribution < 1.29 is 32.7 Å². The van der Waals surface area contributed by atoms with Gasteiger partial charge in [-0.3, -0.25) is 9.78 Å². The fourth-order valence-electron chi connectivity index (χ4n) is 3.79. The van der Waals surface area contributed by atoms with E-state index in [1.807, 2.05) is 41.3 Å². The van der Waals surface area contributed by atoms with E-state index >= 15 is 0 Å². The number of rotatable bonds is 4. The summed E-state index contributed by atoms with van der Waals surface area (Å²) in [5.41, 5.74) is 1.75. The van der Waals surface area contributed by atoms with Gasteiger partial charge in [-0.25, -0.2) is 9.59 Å². The highest BCUT2D eigenvalue weighted by Gasteiger charge is 2.61. The number of hydrogen-bond donors (Lipinski definition) is 3. The summed E-state index contributed by atoms with van der Waals surface area (Å²) >= 11 is 0. The molecule has 1 aromatic heterocycles. The van der Waals surface area contributed by atoms with Crippen LogP contribution in [0.2, 0.25) is 0 Å². The molecule has 8 nitrogen and oxygen atoms in total. The minimum Gasteiger partial charge on any atom is -0.475 e. The van der Waals surface area contributed by atoms with Gasteiger partial charge in [0.25, 0.3) is 0 Å². The van der Waals surface area contributed by atoms with Crippen LogP contribution < -0.4 is 10.6 Å². The number of anilines is 1. The Morgan fingerprint density at radius 2 is 1.85 bits per heavy atom. The van der Waals surface area contributed by atoms with E-state index in [0.29, 0.717) is 19.6 Å². The molecule has 1 aromatic carbocycles. The molecule has 2 aliphatic rings. The normalized spacial score (nSPS) is 21.1. The van der Waals surface area contributed by atoms with E-state index in [4.69, 9.17) is 9.90 Å². The van der Waals surface area contributed by atoms with Crippen molar-refractivity contribution in [2.75, 3.05) is 18.4 Å². The summed E-state index contributed by atoms with van der Waals surface area (Å²) in [5, 5.41) is 13.0. The van der Waals surface area contributed by atoms with E-state index in [1.165, 1.54) is 0 Å². The zero-order chi connectivity index (χ0) is 24.1. The lowest BCUT2D eigenvalue weighted by Gasteiger charge is -2.17. The van der Waals surface area contributed by atoms with Crippen LogP contribution in [-0.2, 0) is 16.1 Å². The van der Waals surface area contributed by atoms with E-state index in [1.54, 1.807) is 18.5 Å². The standard InChI is InChI=1S/C20H22N4O2.C2HF3O2/c25-18(23-16-7-4-9-21-13-16)17-11-20(17)8-10-24(14-20)19(26)22-12-15-5-2-1-3-6-15;3-2(4,5)1(6)7/h1-7,9,13,17H,8,10-12,14H2,(H,22,26)(H,23,25);(H,6,7). The molecular formula is C22H23F3N4O4.